The standard InChI is InChI=1S/C14H22F3NO5S/c1-6-10-8-18(12(19)22-13(3,4)5)7-9(2)11(10)23-24(20,21)14(15,16)17/h9H,6-8H2,1-5H3. The average Bonchev–Trinajstić information content (AvgIpc) is 2.37. The fourth-order valence-corrected chi connectivity index (χ4v) is 2.81. The fraction of sp³-hybridized carbons (Fsp3) is 0.786. The van der Waals surface area contributed by atoms with E-state index < -0.39 is 33.2 Å². The lowest BCUT2D eigenvalue weighted by molar-refractivity contribution is -0.0531. The Morgan fingerprint density at radius 2 is 1.83 bits per heavy atom. The molecule has 6 nitrogen and oxygen atoms in total. The molecule has 1 rings (SSSR count). The summed E-state index contributed by atoms with van der Waals surface area (Å²) in [5.41, 5.74) is -5.90. The van der Waals surface area contributed by atoms with Crippen LogP contribution in [0.4, 0.5) is 18.0 Å². The molecule has 0 aromatic rings. The summed E-state index contributed by atoms with van der Waals surface area (Å²) in [5, 5.41) is 0. The van der Waals surface area contributed by atoms with Crippen LogP contribution in [0.3, 0.4) is 0 Å². The second kappa shape index (κ2) is 6.81. The van der Waals surface area contributed by atoms with E-state index in [-0.39, 0.29) is 25.3 Å². The van der Waals surface area contributed by atoms with Gasteiger partial charge >= 0.3 is 21.7 Å². The molecule has 0 fully saturated rings. The van der Waals surface area contributed by atoms with Crippen molar-refractivity contribution < 1.29 is 35.3 Å². The minimum atomic E-state index is -5.73. The zero-order chi connectivity index (χ0) is 18.9. The summed E-state index contributed by atoms with van der Waals surface area (Å²) in [5.74, 6) is -0.965. The maximum absolute atomic E-state index is 12.5. The largest absolute Gasteiger partial charge is 0.534 e. The van der Waals surface area contributed by atoms with Crippen LogP contribution in [0.5, 0.6) is 0 Å². The Balaban J connectivity index is 3.05. The number of alkyl halides is 3. The van der Waals surface area contributed by atoms with Crippen LogP contribution < -0.4 is 0 Å². The van der Waals surface area contributed by atoms with Crippen LogP contribution in [0.1, 0.15) is 41.0 Å². The van der Waals surface area contributed by atoms with Crippen LogP contribution in [0.2, 0.25) is 0 Å². The zero-order valence-corrected chi connectivity index (χ0v) is 15.0. The number of hydrogen-bond donors (Lipinski definition) is 0. The van der Waals surface area contributed by atoms with E-state index in [1.165, 1.54) is 11.8 Å². The molecule has 0 saturated heterocycles. The molecule has 1 heterocycles. The summed E-state index contributed by atoms with van der Waals surface area (Å²) < 4.78 is 69.6. The molecule has 1 aliphatic heterocycles. The predicted octanol–water partition coefficient (Wildman–Crippen LogP) is 3.40. The molecule has 1 amide bonds. The minimum absolute atomic E-state index is 0.00111. The molecule has 1 unspecified atom stereocenters. The van der Waals surface area contributed by atoms with Gasteiger partial charge in [0.25, 0.3) is 0 Å². The van der Waals surface area contributed by atoms with Gasteiger partial charge in [0.05, 0.1) is 0 Å². The first-order valence-electron chi connectivity index (χ1n) is 7.38. The maximum atomic E-state index is 12.5. The Hall–Kier alpha value is -1.45. The van der Waals surface area contributed by atoms with Crippen LogP contribution in [-0.2, 0) is 19.0 Å². The summed E-state index contributed by atoms with van der Waals surface area (Å²) in [4.78, 5) is 13.4. The zero-order valence-electron chi connectivity index (χ0n) is 14.2. The summed E-state index contributed by atoms with van der Waals surface area (Å²) in [7, 11) is -5.73. The molecule has 0 N–H and O–H groups in total. The van der Waals surface area contributed by atoms with Crippen LogP contribution in [0.15, 0.2) is 11.3 Å². The van der Waals surface area contributed by atoms with Gasteiger partial charge in [-0.2, -0.15) is 21.6 Å². The van der Waals surface area contributed by atoms with Crippen molar-refractivity contribution in [3.8, 4) is 0 Å². The van der Waals surface area contributed by atoms with Crippen molar-refractivity contribution in [2.24, 2.45) is 5.92 Å². The molecular weight excluding hydrogens is 351 g/mol. The van der Waals surface area contributed by atoms with E-state index in [4.69, 9.17) is 4.74 Å². The van der Waals surface area contributed by atoms with E-state index in [9.17, 15) is 26.4 Å². The molecular formula is C14H22F3NO5S. The monoisotopic (exact) mass is 373 g/mol. The van der Waals surface area contributed by atoms with Gasteiger partial charge in [-0.3, -0.25) is 0 Å². The van der Waals surface area contributed by atoms with Gasteiger partial charge in [-0.1, -0.05) is 13.8 Å². The lowest BCUT2D eigenvalue weighted by Gasteiger charge is -2.35. The van der Waals surface area contributed by atoms with Crippen molar-refractivity contribution in [3.05, 3.63) is 11.3 Å². The van der Waals surface area contributed by atoms with Gasteiger partial charge < -0.3 is 13.8 Å². The van der Waals surface area contributed by atoms with E-state index in [2.05, 4.69) is 4.18 Å². The Bertz CT molecular complexity index is 619. The third-order valence-corrected chi connectivity index (χ3v) is 4.20. The second-order valence-electron chi connectivity index (χ2n) is 6.57. The molecule has 0 aliphatic carbocycles. The Kier molecular flexibility index (Phi) is 5.85. The molecule has 0 radical (unpaired) electrons. The SMILES string of the molecule is CCC1=C(OS(=O)(=O)C(F)(F)F)C(C)CN(C(=O)OC(C)(C)C)C1. The van der Waals surface area contributed by atoms with E-state index in [0.717, 1.165) is 0 Å². The molecule has 0 saturated carbocycles. The number of nitrogens with zero attached hydrogens (tertiary/aromatic N) is 1. The topological polar surface area (TPSA) is 72.9 Å². The molecule has 0 aromatic heterocycles. The summed E-state index contributed by atoms with van der Waals surface area (Å²) in [6.07, 6.45) is -0.371. The number of carbonyl (C=O) groups excluding carboxylic acids is 1. The molecule has 24 heavy (non-hydrogen) atoms. The summed E-state index contributed by atoms with van der Waals surface area (Å²) in [6.45, 7) is 8.18. The highest BCUT2D eigenvalue weighted by Gasteiger charge is 2.50. The molecule has 0 bridgehead atoms. The van der Waals surface area contributed by atoms with Gasteiger partial charge in [0.15, 0.2) is 0 Å². The number of amides is 1. The third kappa shape index (κ3) is 5.02. The molecule has 0 aromatic carbocycles. The van der Waals surface area contributed by atoms with Crippen molar-refractivity contribution in [1.29, 1.82) is 0 Å². The number of carbonyl (C=O) groups is 1. The van der Waals surface area contributed by atoms with E-state index in [0.29, 0.717) is 5.57 Å². The van der Waals surface area contributed by atoms with Crippen molar-refractivity contribution >= 4 is 16.2 Å². The Morgan fingerprint density at radius 1 is 1.29 bits per heavy atom. The van der Waals surface area contributed by atoms with Crippen molar-refractivity contribution in [2.45, 2.75) is 52.1 Å². The third-order valence-electron chi connectivity index (χ3n) is 3.23. The summed E-state index contributed by atoms with van der Waals surface area (Å²) >= 11 is 0. The minimum Gasteiger partial charge on any atom is -0.444 e. The highest BCUT2D eigenvalue weighted by Crippen LogP contribution is 2.33. The molecule has 0 spiro atoms. The van der Waals surface area contributed by atoms with Gasteiger partial charge in [0, 0.05) is 19.0 Å². The average molecular weight is 373 g/mol. The van der Waals surface area contributed by atoms with Crippen molar-refractivity contribution in [1.82, 2.24) is 4.90 Å². The number of rotatable bonds is 3. The predicted molar refractivity (Wildman–Crippen MR) is 80.3 cm³/mol. The van der Waals surface area contributed by atoms with Crippen LogP contribution in [0, 0.1) is 5.92 Å². The van der Waals surface area contributed by atoms with Crippen molar-refractivity contribution in [3.63, 3.8) is 0 Å². The van der Waals surface area contributed by atoms with E-state index in [1.54, 1.807) is 27.7 Å². The van der Waals surface area contributed by atoms with E-state index in [1.807, 2.05) is 0 Å². The Labute approximate surface area is 139 Å². The van der Waals surface area contributed by atoms with Gasteiger partial charge in [-0.05, 0) is 32.8 Å². The second-order valence-corrected chi connectivity index (χ2v) is 8.10. The molecule has 10 heteroatoms. The molecule has 1 aliphatic rings. The maximum Gasteiger partial charge on any atom is 0.534 e. The quantitative estimate of drug-likeness (QED) is 0.560. The number of ether oxygens (including phenoxy) is 1. The highest BCUT2D eigenvalue weighted by molar-refractivity contribution is 7.87. The summed E-state index contributed by atoms with van der Waals surface area (Å²) in [6, 6.07) is 0. The Morgan fingerprint density at radius 3 is 2.25 bits per heavy atom. The fourth-order valence-electron chi connectivity index (χ4n) is 2.19. The van der Waals surface area contributed by atoms with Gasteiger partial charge in [-0.15, -0.1) is 0 Å². The highest BCUT2D eigenvalue weighted by atomic mass is 32.2. The van der Waals surface area contributed by atoms with Crippen molar-refractivity contribution in [2.75, 3.05) is 13.1 Å². The van der Waals surface area contributed by atoms with E-state index >= 15 is 0 Å². The lowest BCUT2D eigenvalue weighted by Crippen LogP contribution is -2.44. The van der Waals surface area contributed by atoms with Crippen LogP contribution >= 0.6 is 0 Å². The van der Waals surface area contributed by atoms with Gasteiger partial charge in [0.1, 0.15) is 11.4 Å². The first-order valence-corrected chi connectivity index (χ1v) is 8.79. The van der Waals surface area contributed by atoms with Crippen LogP contribution in [-0.4, -0.2) is 43.6 Å². The molecule has 140 valence electrons. The van der Waals surface area contributed by atoms with Gasteiger partial charge in [0.2, 0.25) is 0 Å². The lowest BCUT2D eigenvalue weighted by atomic mass is 9.98. The number of halogens is 3. The van der Waals surface area contributed by atoms with Gasteiger partial charge in [-0.25, -0.2) is 4.79 Å². The molecule has 1 atom stereocenters. The first kappa shape index (κ1) is 20.6. The normalized spacial score (nSPS) is 20.2. The smallest absolute Gasteiger partial charge is 0.444 e. The number of hydrogen-bond acceptors (Lipinski definition) is 5. The van der Waals surface area contributed by atoms with Crippen LogP contribution in [0.25, 0.3) is 0 Å². The first-order chi connectivity index (χ1) is 10.7.